The minimum Gasteiger partial charge on any atom is -0.488 e. The number of thioether (sulfide) groups is 1. The van der Waals surface area contributed by atoms with Crippen molar-refractivity contribution in [2.24, 2.45) is 4.99 Å². The standard InChI is InChI=1S/C31H21BrCl2N2O4S/c32-25-14-20(8-13-27(25)40-18-22-11-12-23(33)16-26(22)34)15-28-29(37)36(17-19-6-9-21(10-7-19)30(38)39)31(41-28)35-24-4-2-1-3-5-24/h1-16H,17-18H2,(H,38,39)/b28-15-,35-31?. The van der Waals surface area contributed by atoms with Crippen LogP contribution in [-0.2, 0) is 17.9 Å². The van der Waals surface area contributed by atoms with Crippen molar-refractivity contribution in [2.45, 2.75) is 13.2 Å². The lowest BCUT2D eigenvalue weighted by Gasteiger charge is -2.16. The van der Waals surface area contributed by atoms with Crippen LogP contribution in [0.15, 0.2) is 105 Å². The summed E-state index contributed by atoms with van der Waals surface area (Å²) in [6.45, 7) is 0.517. The number of aliphatic imine (C=N–C) groups is 1. The Kier molecular flexibility index (Phi) is 9.15. The molecular weight excluding hydrogens is 647 g/mol. The molecule has 1 aliphatic heterocycles. The average Bonchev–Trinajstić information content (AvgIpc) is 3.23. The summed E-state index contributed by atoms with van der Waals surface area (Å²) < 4.78 is 6.67. The highest BCUT2D eigenvalue weighted by atomic mass is 79.9. The van der Waals surface area contributed by atoms with Gasteiger partial charge in [-0.1, -0.05) is 65.7 Å². The summed E-state index contributed by atoms with van der Waals surface area (Å²) >= 11 is 17.1. The molecule has 1 aliphatic rings. The zero-order valence-corrected chi connectivity index (χ0v) is 25.2. The van der Waals surface area contributed by atoms with Gasteiger partial charge in [0.25, 0.3) is 5.91 Å². The van der Waals surface area contributed by atoms with Crippen LogP contribution in [0, 0.1) is 0 Å². The Morgan fingerprint density at radius 2 is 1.76 bits per heavy atom. The van der Waals surface area contributed by atoms with E-state index in [4.69, 9.17) is 32.9 Å². The molecule has 0 saturated carbocycles. The number of carboxylic acids is 1. The topological polar surface area (TPSA) is 79.2 Å². The summed E-state index contributed by atoms with van der Waals surface area (Å²) in [4.78, 5) is 31.6. The second-order valence-electron chi connectivity index (χ2n) is 8.95. The second kappa shape index (κ2) is 13.0. The first-order chi connectivity index (χ1) is 19.8. The van der Waals surface area contributed by atoms with Gasteiger partial charge in [-0.05, 0) is 93.4 Å². The molecule has 41 heavy (non-hydrogen) atoms. The number of nitrogens with zero attached hydrogens (tertiary/aromatic N) is 2. The van der Waals surface area contributed by atoms with Gasteiger partial charge in [0.05, 0.1) is 27.2 Å². The summed E-state index contributed by atoms with van der Waals surface area (Å²) in [6, 6.07) is 26.7. The van der Waals surface area contributed by atoms with Gasteiger partial charge < -0.3 is 9.84 Å². The van der Waals surface area contributed by atoms with Gasteiger partial charge in [-0.2, -0.15) is 0 Å². The molecule has 1 amide bonds. The molecule has 0 aliphatic carbocycles. The lowest BCUT2D eigenvalue weighted by molar-refractivity contribution is -0.122. The highest BCUT2D eigenvalue weighted by Gasteiger charge is 2.33. The smallest absolute Gasteiger partial charge is 0.335 e. The lowest BCUT2D eigenvalue weighted by atomic mass is 10.1. The first-order valence-electron chi connectivity index (χ1n) is 12.3. The third-order valence-corrected chi connectivity index (χ3v) is 8.28. The average molecular weight is 668 g/mol. The molecule has 0 spiro atoms. The molecule has 6 nitrogen and oxygen atoms in total. The van der Waals surface area contributed by atoms with Crippen molar-refractivity contribution in [3.8, 4) is 5.75 Å². The molecule has 5 rings (SSSR count). The molecule has 4 aromatic rings. The number of hydrogen-bond acceptors (Lipinski definition) is 5. The highest BCUT2D eigenvalue weighted by Crippen LogP contribution is 2.36. The number of carbonyl (C=O) groups is 2. The van der Waals surface area contributed by atoms with E-state index in [-0.39, 0.29) is 24.6 Å². The van der Waals surface area contributed by atoms with Crippen LogP contribution in [0.25, 0.3) is 6.08 Å². The van der Waals surface area contributed by atoms with Gasteiger partial charge in [0.15, 0.2) is 5.17 Å². The number of carboxylic acid groups (broad SMARTS) is 1. The van der Waals surface area contributed by atoms with Gasteiger partial charge in [0.2, 0.25) is 0 Å². The first-order valence-corrected chi connectivity index (χ1v) is 14.7. The second-order valence-corrected chi connectivity index (χ2v) is 11.7. The highest BCUT2D eigenvalue weighted by molar-refractivity contribution is 9.10. The fourth-order valence-corrected chi connectivity index (χ4v) is 5.92. The molecule has 4 aromatic carbocycles. The van der Waals surface area contributed by atoms with Crippen LogP contribution in [0.4, 0.5) is 5.69 Å². The predicted octanol–water partition coefficient (Wildman–Crippen LogP) is 8.84. The Morgan fingerprint density at radius 3 is 2.44 bits per heavy atom. The largest absolute Gasteiger partial charge is 0.488 e. The fourth-order valence-electron chi connectivity index (χ4n) is 3.95. The molecule has 1 fully saturated rings. The Balaban J connectivity index is 1.37. The van der Waals surface area contributed by atoms with Crippen LogP contribution in [0.2, 0.25) is 10.0 Å². The van der Waals surface area contributed by atoms with Gasteiger partial charge in [-0.15, -0.1) is 0 Å². The third-order valence-electron chi connectivity index (χ3n) is 6.06. The zero-order chi connectivity index (χ0) is 28.9. The molecule has 206 valence electrons. The third kappa shape index (κ3) is 7.21. The maximum absolute atomic E-state index is 13.6. The molecule has 0 unspecified atom stereocenters. The Labute approximate surface area is 259 Å². The van der Waals surface area contributed by atoms with Crippen LogP contribution in [0.3, 0.4) is 0 Å². The molecule has 1 N–H and O–H groups in total. The van der Waals surface area contributed by atoms with Crippen molar-refractivity contribution in [1.82, 2.24) is 4.90 Å². The van der Waals surface area contributed by atoms with Crippen LogP contribution >= 0.6 is 50.9 Å². The number of halogens is 3. The van der Waals surface area contributed by atoms with E-state index in [9.17, 15) is 14.7 Å². The van der Waals surface area contributed by atoms with Crippen molar-refractivity contribution in [3.63, 3.8) is 0 Å². The van der Waals surface area contributed by atoms with E-state index in [1.54, 1.807) is 29.2 Å². The van der Waals surface area contributed by atoms with E-state index in [1.165, 1.54) is 23.9 Å². The monoisotopic (exact) mass is 666 g/mol. The Morgan fingerprint density at radius 1 is 1.00 bits per heavy atom. The van der Waals surface area contributed by atoms with Crippen molar-refractivity contribution >= 4 is 79.7 Å². The number of benzene rings is 4. The number of amidine groups is 1. The van der Waals surface area contributed by atoms with Crippen molar-refractivity contribution < 1.29 is 19.4 Å². The SMILES string of the molecule is O=C(O)c1ccc(CN2C(=O)/C(=C/c3ccc(OCc4ccc(Cl)cc4Cl)c(Br)c3)SC2=Nc2ccccc2)cc1. The quantitative estimate of drug-likeness (QED) is 0.190. The maximum atomic E-state index is 13.6. The zero-order valence-electron chi connectivity index (χ0n) is 21.3. The van der Waals surface area contributed by atoms with Gasteiger partial charge in [0, 0.05) is 15.6 Å². The normalized spacial score (nSPS) is 15.1. The molecule has 0 aromatic heterocycles. The van der Waals surface area contributed by atoms with E-state index in [1.807, 2.05) is 60.7 Å². The molecule has 1 heterocycles. The number of rotatable bonds is 8. The van der Waals surface area contributed by atoms with Crippen LogP contribution < -0.4 is 4.74 Å². The van der Waals surface area contributed by atoms with Crippen molar-refractivity contribution in [1.29, 1.82) is 0 Å². The van der Waals surface area contributed by atoms with Gasteiger partial charge in [-0.25, -0.2) is 9.79 Å². The van der Waals surface area contributed by atoms with Gasteiger partial charge >= 0.3 is 5.97 Å². The van der Waals surface area contributed by atoms with E-state index in [2.05, 4.69) is 15.9 Å². The minimum atomic E-state index is -1.00. The number of ether oxygens (including phenoxy) is 1. The van der Waals surface area contributed by atoms with Crippen molar-refractivity contribution in [2.75, 3.05) is 0 Å². The predicted molar refractivity (Wildman–Crippen MR) is 168 cm³/mol. The van der Waals surface area contributed by atoms with E-state index in [0.717, 1.165) is 26.9 Å². The molecule has 0 atom stereocenters. The van der Waals surface area contributed by atoms with Crippen molar-refractivity contribution in [3.05, 3.63) is 133 Å². The number of para-hydroxylation sites is 1. The summed E-state index contributed by atoms with van der Waals surface area (Å²) in [5, 5.41) is 10.8. The molecule has 10 heteroatoms. The molecular formula is C31H21BrCl2N2O4S. The van der Waals surface area contributed by atoms with Gasteiger partial charge in [-0.3, -0.25) is 9.69 Å². The Hall–Kier alpha value is -3.56. The van der Waals surface area contributed by atoms with E-state index >= 15 is 0 Å². The fraction of sp³-hybridized carbons (Fsp3) is 0.0645. The van der Waals surface area contributed by atoms with E-state index in [0.29, 0.717) is 25.9 Å². The van der Waals surface area contributed by atoms with E-state index < -0.39 is 5.97 Å². The summed E-state index contributed by atoms with van der Waals surface area (Å²) in [6.07, 6.45) is 1.81. The minimum absolute atomic E-state index is 0.184. The number of hydrogen-bond donors (Lipinski definition) is 1. The molecule has 1 saturated heterocycles. The molecule has 0 radical (unpaired) electrons. The molecule has 0 bridgehead atoms. The number of carbonyl (C=O) groups excluding carboxylic acids is 1. The number of aromatic carboxylic acids is 1. The number of amides is 1. The van der Waals surface area contributed by atoms with Crippen LogP contribution in [0.1, 0.15) is 27.0 Å². The maximum Gasteiger partial charge on any atom is 0.335 e. The summed E-state index contributed by atoms with van der Waals surface area (Å²) in [7, 11) is 0. The summed E-state index contributed by atoms with van der Waals surface area (Å²) in [5.74, 6) is -0.570. The Bertz CT molecular complexity index is 1680. The summed E-state index contributed by atoms with van der Waals surface area (Å²) in [5.41, 5.74) is 3.31. The lowest BCUT2D eigenvalue weighted by Crippen LogP contribution is -2.28. The van der Waals surface area contributed by atoms with Crippen LogP contribution in [-0.4, -0.2) is 27.1 Å². The van der Waals surface area contributed by atoms with Crippen LogP contribution in [0.5, 0.6) is 5.75 Å². The van der Waals surface area contributed by atoms with Gasteiger partial charge in [0.1, 0.15) is 12.4 Å². The first kappa shape index (κ1) is 29.0.